The Kier molecular flexibility index (Phi) is 6.61. The summed E-state index contributed by atoms with van der Waals surface area (Å²) in [6.07, 6.45) is 0. The Hall–Kier alpha value is -7.16. The van der Waals surface area contributed by atoms with E-state index in [0.29, 0.717) is 0 Å². The zero-order valence-electron chi connectivity index (χ0n) is 34.3. The van der Waals surface area contributed by atoms with Crippen molar-refractivity contribution in [1.82, 2.24) is 4.57 Å². The van der Waals surface area contributed by atoms with Crippen molar-refractivity contribution >= 4 is 49.6 Å². The fraction of sp³-hybridized carbons (Fsp3) is 0. The van der Waals surface area contributed by atoms with Gasteiger partial charge in [0.05, 0.1) is 23.6 Å². The maximum absolute atomic E-state index is 8.95. The molecule has 0 saturated carbocycles. The van der Waals surface area contributed by atoms with Gasteiger partial charge in [-0.05, 0) is 99.2 Å². The molecule has 0 radical (unpaired) electrons. The van der Waals surface area contributed by atoms with Crippen LogP contribution in [0.5, 0.6) is 0 Å². The quantitative estimate of drug-likeness (QED) is 0.161. The van der Waals surface area contributed by atoms with Crippen LogP contribution in [-0.2, 0) is 0 Å². The van der Waals surface area contributed by atoms with Crippen molar-refractivity contribution in [3.8, 4) is 39.1 Å². The van der Waals surface area contributed by atoms with Gasteiger partial charge in [-0.3, -0.25) is 0 Å². The maximum Gasteiger partial charge on any atom is 0.0645 e. The number of nitrogens with zero attached hydrogens (tertiary/aromatic N) is 2. The molecule has 9 aromatic carbocycles. The average molecular weight is 694 g/mol. The van der Waals surface area contributed by atoms with Gasteiger partial charge in [0.2, 0.25) is 0 Å². The Morgan fingerprint density at radius 3 is 1.91 bits per heavy atom. The molecule has 0 aliphatic heterocycles. The van der Waals surface area contributed by atoms with Crippen LogP contribution in [0.2, 0.25) is 0 Å². The molecule has 10 rings (SSSR count). The molecule has 0 saturated heterocycles. The van der Waals surface area contributed by atoms with Gasteiger partial charge in [-0.2, -0.15) is 0 Å². The van der Waals surface area contributed by atoms with Crippen molar-refractivity contribution in [3.05, 3.63) is 218 Å². The van der Waals surface area contributed by atoms with Gasteiger partial charge in [0.1, 0.15) is 0 Å². The first kappa shape index (κ1) is 26.6. The number of fused-ring (bicyclic) bond motifs is 4. The second kappa shape index (κ2) is 13.4. The third-order valence-electron chi connectivity index (χ3n) is 10.3. The molecule has 0 aliphatic rings. The number of hydrogen-bond donors (Lipinski definition) is 0. The summed E-state index contributed by atoms with van der Waals surface area (Å²) in [5.41, 5.74) is 11.0. The molecular formula is C52H36N2. The smallest absolute Gasteiger partial charge is 0.0645 e. The van der Waals surface area contributed by atoms with E-state index in [2.05, 4.69) is 150 Å². The largest absolute Gasteiger partial charge is 0.310 e. The SMILES string of the molecule is [2H]c1c([2H])c([2H])c(-n2c3ccccc3c3c(-c4ccccc4N(c4ccc(-c5ccccc5)cc4)c4cccc(-c5ccc6ccccc6c5)c4)cccc32)c([2H])c1[2H]. The molecule has 0 aliphatic carbocycles. The zero-order chi connectivity index (χ0) is 40.2. The van der Waals surface area contributed by atoms with Crippen molar-refractivity contribution in [2.75, 3.05) is 4.90 Å². The molecule has 0 N–H and O–H groups in total. The monoisotopic (exact) mass is 693 g/mol. The second-order valence-electron chi connectivity index (χ2n) is 13.4. The van der Waals surface area contributed by atoms with E-state index in [0.717, 1.165) is 72.2 Å². The minimum Gasteiger partial charge on any atom is -0.310 e. The van der Waals surface area contributed by atoms with Gasteiger partial charge in [-0.1, -0.05) is 158 Å². The highest BCUT2D eigenvalue weighted by atomic mass is 15.1. The number of para-hydroxylation sites is 3. The van der Waals surface area contributed by atoms with E-state index in [9.17, 15) is 0 Å². The van der Waals surface area contributed by atoms with Gasteiger partial charge in [0.25, 0.3) is 0 Å². The minimum atomic E-state index is -0.416. The number of hydrogen-bond acceptors (Lipinski definition) is 1. The first-order valence-electron chi connectivity index (χ1n) is 20.6. The number of benzene rings is 9. The molecular weight excluding hydrogens is 653 g/mol. The van der Waals surface area contributed by atoms with Gasteiger partial charge in [0.15, 0.2) is 0 Å². The lowest BCUT2D eigenvalue weighted by Gasteiger charge is -2.28. The van der Waals surface area contributed by atoms with Crippen molar-refractivity contribution in [3.63, 3.8) is 0 Å². The maximum atomic E-state index is 8.95. The van der Waals surface area contributed by atoms with Crippen LogP contribution in [0, 0.1) is 0 Å². The minimum absolute atomic E-state index is 0.123. The van der Waals surface area contributed by atoms with Crippen LogP contribution < -0.4 is 4.90 Å². The molecule has 10 aromatic rings. The topological polar surface area (TPSA) is 8.17 Å². The molecule has 0 spiro atoms. The standard InChI is InChI=1S/C52H36N2/c1-3-15-37(16-4-1)39-31-33-44(34-32-39)53(45-22-13-19-41(36-45)42-30-29-38-17-7-8-18-40(38)35-42)49-26-11-9-23-46(49)47-25-14-28-51-52(47)48-24-10-12-27-50(48)54(51)43-20-5-2-6-21-43/h1-36H/i2D,5D,6D,20D,21D. The van der Waals surface area contributed by atoms with Crippen LogP contribution in [-0.4, -0.2) is 4.57 Å². The molecule has 0 atom stereocenters. The number of anilines is 3. The van der Waals surface area contributed by atoms with E-state index in [1.54, 1.807) is 0 Å². The van der Waals surface area contributed by atoms with Crippen LogP contribution in [0.25, 0.3) is 71.6 Å². The van der Waals surface area contributed by atoms with E-state index in [4.69, 9.17) is 6.85 Å². The average Bonchev–Trinajstić information content (AvgIpc) is 3.63. The van der Waals surface area contributed by atoms with Crippen molar-refractivity contribution in [2.24, 2.45) is 0 Å². The van der Waals surface area contributed by atoms with Crippen LogP contribution >= 0.6 is 0 Å². The van der Waals surface area contributed by atoms with Crippen molar-refractivity contribution in [1.29, 1.82) is 0 Å². The second-order valence-corrected chi connectivity index (χ2v) is 13.4. The summed E-state index contributed by atoms with van der Waals surface area (Å²) in [7, 11) is 0. The van der Waals surface area contributed by atoms with Crippen molar-refractivity contribution in [2.45, 2.75) is 0 Å². The Morgan fingerprint density at radius 1 is 0.407 bits per heavy atom. The Labute approximate surface area is 322 Å². The predicted molar refractivity (Wildman–Crippen MR) is 229 cm³/mol. The van der Waals surface area contributed by atoms with Crippen LogP contribution in [0.15, 0.2) is 218 Å². The molecule has 0 unspecified atom stereocenters. The lowest BCUT2D eigenvalue weighted by atomic mass is 9.96. The van der Waals surface area contributed by atoms with Gasteiger partial charge in [-0.15, -0.1) is 0 Å². The summed E-state index contributed by atoms with van der Waals surface area (Å²) in [4.78, 5) is 2.31. The number of aromatic nitrogens is 1. The summed E-state index contributed by atoms with van der Waals surface area (Å²) < 4.78 is 45.0. The molecule has 1 heterocycles. The Morgan fingerprint density at radius 2 is 1.04 bits per heavy atom. The van der Waals surface area contributed by atoms with E-state index < -0.39 is 6.04 Å². The highest BCUT2D eigenvalue weighted by Crippen LogP contribution is 2.46. The molecule has 1 aromatic heterocycles. The van der Waals surface area contributed by atoms with E-state index in [-0.39, 0.29) is 29.9 Å². The fourth-order valence-electron chi connectivity index (χ4n) is 7.79. The Balaban J connectivity index is 1.20. The van der Waals surface area contributed by atoms with Gasteiger partial charge in [0, 0.05) is 33.4 Å². The Bertz CT molecular complexity index is 3200. The van der Waals surface area contributed by atoms with Crippen molar-refractivity contribution < 1.29 is 6.85 Å². The first-order chi connectivity index (χ1) is 28.9. The third kappa shape index (κ3) is 5.53. The highest BCUT2D eigenvalue weighted by Gasteiger charge is 2.21. The molecule has 2 heteroatoms. The van der Waals surface area contributed by atoms with Gasteiger partial charge in [-0.25, -0.2) is 0 Å². The molecule has 0 fully saturated rings. The summed E-state index contributed by atoms with van der Waals surface area (Å²) in [6.45, 7) is 0. The molecule has 0 bridgehead atoms. The third-order valence-corrected chi connectivity index (χ3v) is 10.3. The molecule has 0 amide bonds. The van der Waals surface area contributed by atoms with E-state index in [1.165, 1.54) is 10.8 Å². The van der Waals surface area contributed by atoms with Crippen LogP contribution in [0.1, 0.15) is 6.85 Å². The van der Waals surface area contributed by atoms with Gasteiger partial charge < -0.3 is 9.47 Å². The highest BCUT2D eigenvalue weighted by molar-refractivity contribution is 6.17. The molecule has 54 heavy (non-hydrogen) atoms. The zero-order valence-corrected chi connectivity index (χ0v) is 29.3. The summed E-state index contributed by atoms with van der Waals surface area (Å²) in [6, 6.07) is 63.5. The molecule has 254 valence electrons. The fourth-order valence-corrected chi connectivity index (χ4v) is 7.79. The van der Waals surface area contributed by atoms with Crippen LogP contribution in [0.4, 0.5) is 17.1 Å². The van der Waals surface area contributed by atoms with Gasteiger partial charge >= 0.3 is 0 Å². The predicted octanol–water partition coefficient (Wildman–Crippen LogP) is 14.4. The first-order valence-corrected chi connectivity index (χ1v) is 18.1. The summed E-state index contributed by atoms with van der Waals surface area (Å²) >= 11 is 0. The lowest BCUT2D eigenvalue weighted by Crippen LogP contribution is -2.11. The van der Waals surface area contributed by atoms with E-state index in [1.807, 2.05) is 47.0 Å². The van der Waals surface area contributed by atoms with Crippen LogP contribution in [0.3, 0.4) is 0 Å². The normalized spacial score (nSPS) is 12.6. The molecule has 2 nitrogen and oxygen atoms in total. The summed E-state index contributed by atoms with van der Waals surface area (Å²) in [5.74, 6) is 0. The summed E-state index contributed by atoms with van der Waals surface area (Å²) in [5, 5.41) is 4.22. The number of rotatable bonds is 7. The lowest BCUT2D eigenvalue weighted by molar-refractivity contribution is 1.18. The van der Waals surface area contributed by atoms with E-state index >= 15 is 0 Å².